The van der Waals surface area contributed by atoms with Crippen molar-refractivity contribution in [1.29, 1.82) is 0 Å². The van der Waals surface area contributed by atoms with Crippen LogP contribution in [0.4, 0.5) is 5.69 Å². The fourth-order valence-corrected chi connectivity index (χ4v) is 3.00. The lowest BCUT2D eigenvalue weighted by Gasteiger charge is -2.21. The summed E-state index contributed by atoms with van der Waals surface area (Å²) in [5.74, 6) is -0.183. The first-order chi connectivity index (χ1) is 11.5. The molecule has 1 amide bonds. The summed E-state index contributed by atoms with van der Waals surface area (Å²) in [5.41, 5.74) is 2.30. The average molecular weight is 344 g/mol. The van der Waals surface area contributed by atoms with Crippen molar-refractivity contribution in [1.82, 2.24) is 5.01 Å². The molecular formula is C17H14ClN3O3. The van der Waals surface area contributed by atoms with Gasteiger partial charge in [0.25, 0.3) is 5.69 Å². The smallest absolute Gasteiger partial charge is 0.269 e. The molecule has 1 aliphatic heterocycles. The largest absolute Gasteiger partial charge is 0.273 e. The number of carbonyl (C=O) groups is 1. The van der Waals surface area contributed by atoms with Crippen LogP contribution in [0, 0.1) is 10.1 Å². The molecule has 0 fully saturated rings. The highest BCUT2D eigenvalue weighted by atomic mass is 35.5. The molecule has 0 bridgehead atoms. The van der Waals surface area contributed by atoms with Gasteiger partial charge in [-0.05, 0) is 29.3 Å². The number of rotatable bonds is 3. The SMILES string of the molecule is CC(=O)N1N=C(c2ccc([N+](=O)[O-])cc2)C[C@H]1c1ccccc1Cl. The standard InChI is InChI=1S/C17H14ClN3O3/c1-11(22)20-17(14-4-2-3-5-15(14)18)10-16(19-20)12-6-8-13(9-7-12)21(23)24/h2-9,17H,10H2,1H3/t17-/m0/s1. The van der Waals surface area contributed by atoms with Gasteiger partial charge < -0.3 is 0 Å². The molecule has 2 aromatic carbocycles. The second-order valence-corrected chi connectivity index (χ2v) is 5.86. The summed E-state index contributed by atoms with van der Waals surface area (Å²) in [7, 11) is 0. The van der Waals surface area contributed by atoms with Crippen LogP contribution in [-0.4, -0.2) is 21.6 Å². The Bertz CT molecular complexity index is 833. The molecule has 7 heteroatoms. The van der Waals surface area contributed by atoms with Crippen LogP contribution in [0.2, 0.25) is 5.02 Å². The number of nitro benzene ring substituents is 1. The maximum atomic E-state index is 11.9. The third-order valence-corrected chi connectivity index (χ3v) is 4.25. The van der Waals surface area contributed by atoms with E-state index in [1.54, 1.807) is 18.2 Å². The van der Waals surface area contributed by atoms with E-state index < -0.39 is 4.92 Å². The molecule has 0 saturated carbocycles. The zero-order valence-electron chi connectivity index (χ0n) is 12.8. The van der Waals surface area contributed by atoms with Gasteiger partial charge in [0.2, 0.25) is 5.91 Å². The molecule has 3 rings (SSSR count). The number of nitrogens with zero attached hydrogens (tertiary/aromatic N) is 3. The van der Waals surface area contributed by atoms with Gasteiger partial charge in [-0.25, -0.2) is 5.01 Å². The van der Waals surface area contributed by atoms with Crippen molar-refractivity contribution in [2.75, 3.05) is 0 Å². The summed E-state index contributed by atoms with van der Waals surface area (Å²) in [5, 5.41) is 17.2. The van der Waals surface area contributed by atoms with Crippen LogP contribution in [0.1, 0.15) is 30.5 Å². The zero-order chi connectivity index (χ0) is 17.3. The molecule has 1 atom stereocenters. The average Bonchev–Trinajstić information content (AvgIpc) is 3.00. The molecule has 2 aromatic rings. The molecule has 0 radical (unpaired) electrons. The summed E-state index contributed by atoms with van der Waals surface area (Å²) in [6.45, 7) is 1.45. The van der Waals surface area contributed by atoms with E-state index in [1.807, 2.05) is 18.2 Å². The summed E-state index contributed by atoms with van der Waals surface area (Å²) in [4.78, 5) is 22.3. The fourth-order valence-electron chi connectivity index (χ4n) is 2.74. The van der Waals surface area contributed by atoms with Crippen LogP contribution in [-0.2, 0) is 4.79 Å². The molecule has 1 heterocycles. The van der Waals surface area contributed by atoms with Crippen LogP contribution in [0.3, 0.4) is 0 Å². The summed E-state index contributed by atoms with van der Waals surface area (Å²) in [6, 6.07) is 13.2. The van der Waals surface area contributed by atoms with Crippen LogP contribution >= 0.6 is 11.6 Å². The van der Waals surface area contributed by atoms with Crippen LogP contribution in [0.5, 0.6) is 0 Å². The Hall–Kier alpha value is -2.73. The molecule has 0 unspecified atom stereocenters. The Morgan fingerprint density at radius 1 is 1.25 bits per heavy atom. The first kappa shape index (κ1) is 16.1. The highest BCUT2D eigenvalue weighted by molar-refractivity contribution is 6.31. The Labute approximate surface area is 143 Å². The second kappa shape index (κ2) is 6.41. The molecule has 0 aromatic heterocycles. The molecule has 6 nitrogen and oxygen atoms in total. The number of non-ortho nitro benzene ring substituents is 1. The van der Waals surface area contributed by atoms with Crippen molar-refractivity contribution in [3.8, 4) is 0 Å². The number of hydrogen-bond donors (Lipinski definition) is 0. The van der Waals surface area contributed by atoms with E-state index in [0.29, 0.717) is 17.2 Å². The van der Waals surface area contributed by atoms with E-state index in [4.69, 9.17) is 11.6 Å². The van der Waals surface area contributed by atoms with Gasteiger partial charge >= 0.3 is 0 Å². The van der Waals surface area contributed by atoms with Crippen LogP contribution < -0.4 is 0 Å². The van der Waals surface area contributed by atoms with E-state index in [2.05, 4.69) is 5.10 Å². The van der Waals surface area contributed by atoms with E-state index in [0.717, 1.165) is 11.1 Å². The van der Waals surface area contributed by atoms with Gasteiger partial charge in [0.1, 0.15) is 0 Å². The van der Waals surface area contributed by atoms with E-state index in [1.165, 1.54) is 24.1 Å². The molecule has 122 valence electrons. The van der Waals surface area contributed by atoms with Crippen LogP contribution in [0.15, 0.2) is 53.6 Å². The topological polar surface area (TPSA) is 75.8 Å². The minimum absolute atomic E-state index is 0.0171. The van der Waals surface area contributed by atoms with Crippen molar-refractivity contribution in [3.63, 3.8) is 0 Å². The number of amides is 1. The second-order valence-electron chi connectivity index (χ2n) is 5.46. The third kappa shape index (κ3) is 3.00. The minimum Gasteiger partial charge on any atom is -0.273 e. The van der Waals surface area contributed by atoms with Crippen molar-refractivity contribution in [3.05, 3.63) is 74.8 Å². The fraction of sp³-hybridized carbons (Fsp3) is 0.176. The predicted molar refractivity (Wildman–Crippen MR) is 91.0 cm³/mol. The van der Waals surface area contributed by atoms with Crippen molar-refractivity contribution in [2.45, 2.75) is 19.4 Å². The molecule has 0 saturated heterocycles. The van der Waals surface area contributed by atoms with Gasteiger partial charge in [-0.3, -0.25) is 14.9 Å². The Balaban J connectivity index is 1.94. The Morgan fingerprint density at radius 2 is 1.92 bits per heavy atom. The van der Waals surface area contributed by atoms with E-state index >= 15 is 0 Å². The number of nitro groups is 1. The predicted octanol–water partition coefficient (Wildman–Crippen LogP) is 3.95. The van der Waals surface area contributed by atoms with Gasteiger partial charge in [-0.2, -0.15) is 5.10 Å². The summed E-state index contributed by atoms with van der Waals surface area (Å²) in [6.07, 6.45) is 0.501. The number of hydrazone groups is 1. The lowest BCUT2D eigenvalue weighted by atomic mass is 9.98. The Kier molecular flexibility index (Phi) is 4.31. The summed E-state index contributed by atoms with van der Waals surface area (Å²) >= 11 is 6.26. The Morgan fingerprint density at radius 3 is 2.50 bits per heavy atom. The maximum absolute atomic E-state index is 11.9. The number of halogens is 1. The highest BCUT2D eigenvalue weighted by Crippen LogP contribution is 2.36. The van der Waals surface area contributed by atoms with Crippen LogP contribution in [0.25, 0.3) is 0 Å². The van der Waals surface area contributed by atoms with Gasteiger partial charge in [0.05, 0.1) is 16.7 Å². The quantitative estimate of drug-likeness (QED) is 0.625. The molecule has 0 N–H and O–H groups in total. The van der Waals surface area contributed by atoms with Gasteiger partial charge in [0, 0.05) is 30.5 Å². The number of hydrogen-bond acceptors (Lipinski definition) is 4. The molecule has 0 spiro atoms. The van der Waals surface area contributed by atoms with Gasteiger partial charge in [-0.1, -0.05) is 29.8 Å². The van der Waals surface area contributed by atoms with Gasteiger partial charge in [0.15, 0.2) is 0 Å². The third-order valence-electron chi connectivity index (χ3n) is 3.91. The first-order valence-corrected chi connectivity index (χ1v) is 7.71. The lowest BCUT2D eigenvalue weighted by molar-refractivity contribution is -0.384. The molecule has 1 aliphatic rings. The lowest BCUT2D eigenvalue weighted by Crippen LogP contribution is -2.24. The molecule has 0 aliphatic carbocycles. The highest BCUT2D eigenvalue weighted by Gasteiger charge is 2.32. The first-order valence-electron chi connectivity index (χ1n) is 7.34. The van der Waals surface area contributed by atoms with Crippen molar-refractivity contribution >= 4 is 28.9 Å². The zero-order valence-corrected chi connectivity index (χ0v) is 13.6. The monoisotopic (exact) mass is 343 g/mol. The van der Waals surface area contributed by atoms with E-state index in [9.17, 15) is 14.9 Å². The summed E-state index contributed by atoms with van der Waals surface area (Å²) < 4.78 is 0. The normalized spacial score (nSPS) is 16.8. The van der Waals surface area contributed by atoms with Crippen molar-refractivity contribution in [2.24, 2.45) is 5.10 Å². The number of carbonyl (C=O) groups excluding carboxylic acids is 1. The van der Waals surface area contributed by atoms with Crippen molar-refractivity contribution < 1.29 is 9.72 Å². The minimum atomic E-state index is -0.450. The maximum Gasteiger partial charge on any atom is 0.269 e. The molecule has 24 heavy (non-hydrogen) atoms. The van der Waals surface area contributed by atoms with Gasteiger partial charge in [-0.15, -0.1) is 0 Å². The number of benzene rings is 2. The molecular weight excluding hydrogens is 330 g/mol. The van der Waals surface area contributed by atoms with E-state index in [-0.39, 0.29) is 17.6 Å².